The standard InChI is InChI=1S/C27H23F2N3O3S/c1-36(33,34)35-13-12-17-6-9-20(10-7-17)31-27-30-16-19-14-23(18-8-11-24(28)25(29)15-18)21-4-2-3-5-22(21)26(19)32-27/h2-11,15-16,23H,12-14H2,1H3,(H,30,31,32). The lowest BCUT2D eigenvalue weighted by Crippen LogP contribution is -2.15. The molecule has 1 aliphatic rings. The normalized spacial score (nSPS) is 14.7. The molecule has 0 amide bonds. The molecule has 1 unspecified atom stereocenters. The van der Waals surface area contributed by atoms with Crippen molar-refractivity contribution in [3.8, 4) is 11.3 Å². The second kappa shape index (κ2) is 9.75. The topological polar surface area (TPSA) is 81.2 Å². The van der Waals surface area contributed by atoms with E-state index < -0.39 is 21.8 Å². The van der Waals surface area contributed by atoms with E-state index in [2.05, 4.69) is 10.3 Å². The van der Waals surface area contributed by atoms with Gasteiger partial charge in [-0.15, -0.1) is 0 Å². The Bertz CT molecular complexity index is 1530. The highest BCUT2D eigenvalue weighted by Crippen LogP contribution is 2.42. The van der Waals surface area contributed by atoms with Gasteiger partial charge in [-0.05, 0) is 59.4 Å². The molecule has 0 saturated carbocycles. The number of aromatic nitrogens is 2. The van der Waals surface area contributed by atoms with Crippen LogP contribution in [0.3, 0.4) is 0 Å². The number of nitrogens with one attached hydrogen (secondary N) is 1. The van der Waals surface area contributed by atoms with E-state index in [1.165, 1.54) is 6.07 Å². The van der Waals surface area contributed by atoms with Gasteiger partial charge in [0.15, 0.2) is 11.6 Å². The minimum absolute atomic E-state index is 0.0878. The highest BCUT2D eigenvalue weighted by Gasteiger charge is 2.28. The molecule has 9 heteroatoms. The molecular formula is C27H23F2N3O3S. The quantitative estimate of drug-likeness (QED) is 0.339. The third-order valence-electron chi connectivity index (χ3n) is 6.12. The number of hydrogen-bond donors (Lipinski definition) is 1. The fourth-order valence-electron chi connectivity index (χ4n) is 4.42. The molecule has 1 aliphatic carbocycles. The Morgan fingerprint density at radius 1 is 1.03 bits per heavy atom. The summed E-state index contributed by atoms with van der Waals surface area (Å²) in [5.41, 5.74) is 6.09. The Morgan fingerprint density at radius 3 is 2.56 bits per heavy atom. The van der Waals surface area contributed by atoms with E-state index in [-0.39, 0.29) is 12.5 Å². The number of rotatable bonds is 7. The van der Waals surface area contributed by atoms with E-state index in [0.29, 0.717) is 24.4 Å². The molecule has 1 atom stereocenters. The second-order valence-electron chi connectivity index (χ2n) is 8.68. The average molecular weight is 508 g/mol. The van der Waals surface area contributed by atoms with Gasteiger partial charge < -0.3 is 5.32 Å². The highest BCUT2D eigenvalue weighted by molar-refractivity contribution is 7.85. The minimum atomic E-state index is -3.46. The summed E-state index contributed by atoms with van der Waals surface area (Å²) in [5, 5.41) is 3.21. The van der Waals surface area contributed by atoms with Gasteiger partial charge >= 0.3 is 0 Å². The van der Waals surface area contributed by atoms with Crippen molar-refractivity contribution in [3.05, 3.63) is 107 Å². The number of anilines is 2. The first-order valence-corrected chi connectivity index (χ1v) is 13.2. The van der Waals surface area contributed by atoms with Crippen LogP contribution in [0.25, 0.3) is 11.3 Å². The second-order valence-corrected chi connectivity index (χ2v) is 10.3. The average Bonchev–Trinajstić information content (AvgIpc) is 2.86. The van der Waals surface area contributed by atoms with Gasteiger partial charge in [0, 0.05) is 23.4 Å². The van der Waals surface area contributed by atoms with Crippen molar-refractivity contribution in [2.24, 2.45) is 0 Å². The maximum absolute atomic E-state index is 14.0. The Morgan fingerprint density at radius 2 is 1.81 bits per heavy atom. The van der Waals surface area contributed by atoms with Crippen LogP contribution in [0.2, 0.25) is 0 Å². The Kier molecular flexibility index (Phi) is 6.51. The van der Waals surface area contributed by atoms with Crippen LogP contribution >= 0.6 is 0 Å². The molecule has 1 heterocycles. The van der Waals surface area contributed by atoms with Crippen LogP contribution in [0.1, 0.15) is 28.2 Å². The van der Waals surface area contributed by atoms with E-state index in [1.54, 1.807) is 12.3 Å². The summed E-state index contributed by atoms with van der Waals surface area (Å²) >= 11 is 0. The van der Waals surface area contributed by atoms with E-state index in [4.69, 9.17) is 9.17 Å². The summed E-state index contributed by atoms with van der Waals surface area (Å²) in [6, 6.07) is 19.4. The van der Waals surface area contributed by atoms with E-state index in [9.17, 15) is 17.2 Å². The molecule has 4 aromatic rings. The van der Waals surface area contributed by atoms with Crippen molar-refractivity contribution >= 4 is 21.8 Å². The number of nitrogens with zero attached hydrogens (tertiary/aromatic N) is 2. The van der Waals surface area contributed by atoms with Crippen LogP contribution in [-0.4, -0.2) is 31.2 Å². The molecule has 5 rings (SSSR count). The molecule has 1 aromatic heterocycles. The zero-order valence-electron chi connectivity index (χ0n) is 19.4. The molecule has 184 valence electrons. The first-order chi connectivity index (χ1) is 17.3. The molecule has 0 fully saturated rings. The van der Waals surface area contributed by atoms with Gasteiger partial charge in [0.05, 0.1) is 18.6 Å². The van der Waals surface area contributed by atoms with Crippen LogP contribution in [0.15, 0.2) is 72.9 Å². The van der Waals surface area contributed by atoms with E-state index in [0.717, 1.165) is 46.0 Å². The lowest BCUT2D eigenvalue weighted by atomic mass is 9.78. The fraction of sp³-hybridized carbons (Fsp3) is 0.185. The van der Waals surface area contributed by atoms with E-state index in [1.807, 2.05) is 48.5 Å². The summed E-state index contributed by atoms with van der Waals surface area (Å²) in [6.45, 7) is 0.0878. The van der Waals surface area contributed by atoms with Crippen LogP contribution in [0, 0.1) is 11.6 Å². The van der Waals surface area contributed by atoms with Gasteiger partial charge in [-0.2, -0.15) is 8.42 Å². The Balaban J connectivity index is 1.37. The number of hydrogen-bond acceptors (Lipinski definition) is 6. The van der Waals surface area contributed by atoms with Crippen molar-refractivity contribution in [1.82, 2.24) is 9.97 Å². The first-order valence-electron chi connectivity index (χ1n) is 11.4. The Hall–Kier alpha value is -3.69. The minimum Gasteiger partial charge on any atom is -0.324 e. The van der Waals surface area contributed by atoms with Crippen molar-refractivity contribution in [1.29, 1.82) is 0 Å². The molecule has 36 heavy (non-hydrogen) atoms. The Labute approximate surface area is 208 Å². The SMILES string of the molecule is CS(=O)(=O)OCCc1ccc(Nc2ncc3c(n2)-c2ccccc2C(c2ccc(F)c(F)c2)C3)cc1. The van der Waals surface area contributed by atoms with Gasteiger partial charge in [-0.25, -0.2) is 18.7 Å². The van der Waals surface area contributed by atoms with E-state index >= 15 is 0 Å². The molecule has 6 nitrogen and oxygen atoms in total. The maximum atomic E-state index is 14.0. The van der Waals surface area contributed by atoms with Crippen LogP contribution in [0.4, 0.5) is 20.4 Å². The molecule has 0 bridgehead atoms. The fourth-order valence-corrected chi connectivity index (χ4v) is 4.80. The zero-order valence-corrected chi connectivity index (χ0v) is 20.2. The molecule has 3 aromatic carbocycles. The third kappa shape index (κ3) is 5.27. The van der Waals surface area contributed by atoms with Crippen molar-refractivity contribution in [2.45, 2.75) is 18.8 Å². The highest BCUT2D eigenvalue weighted by atomic mass is 32.2. The molecular weight excluding hydrogens is 484 g/mol. The van der Waals surface area contributed by atoms with Crippen molar-refractivity contribution in [3.63, 3.8) is 0 Å². The van der Waals surface area contributed by atoms with Crippen LogP contribution < -0.4 is 5.32 Å². The first kappa shape index (κ1) is 24.0. The zero-order chi connectivity index (χ0) is 25.3. The monoisotopic (exact) mass is 507 g/mol. The summed E-state index contributed by atoms with van der Waals surface area (Å²) in [7, 11) is -3.46. The van der Waals surface area contributed by atoms with Crippen LogP contribution in [0.5, 0.6) is 0 Å². The van der Waals surface area contributed by atoms with Gasteiger partial charge in [0.2, 0.25) is 5.95 Å². The predicted octanol–water partition coefficient (Wildman–Crippen LogP) is 5.37. The molecule has 1 N–H and O–H groups in total. The summed E-state index contributed by atoms with van der Waals surface area (Å²) < 4.78 is 54.5. The summed E-state index contributed by atoms with van der Waals surface area (Å²) in [4.78, 5) is 9.24. The predicted molar refractivity (Wildman–Crippen MR) is 134 cm³/mol. The lowest BCUT2D eigenvalue weighted by molar-refractivity contribution is 0.326. The third-order valence-corrected chi connectivity index (χ3v) is 6.72. The van der Waals surface area contributed by atoms with Gasteiger partial charge in [-0.1, -0.05) is 42.5 Å². The molecule has 0 radical (unpaired) electrons. The van der Waals surface area contributed by atoms with Gasteiger partial charge in [-0.3, -0.25) is 4.18 Å². The number of halogens is 2. The lowest BCUT2D eigenvalue weighted by Gasteiger charge is -2.27. The smallest absolute Gasteiger partial charge is 0.264 e. The largest absolute Gasteiger partial charge is 0.324 e. The van der Waals surface area contributed by atoms with Gasteiger partial charge in [0.25, 0.3) is 10.1 Å². The maximum Gasteiger partial charge on any atom is 0.264 e. The van der Waals surface area contributed by atoms with Crippen molar-refractivity contribution in [2.75, 3.05) is 18.2 Å². The molecule has 0 spiro atoms. The molecule has 0 saturated heterocycles. The summed E-state index contributed by atoms with van der Waals surface area (Å²) in [6.07, 6.45) is 3.84. The summed E-state index contributed by atoms with van der Waals surface area (Å²) in [5.74, 6) is -1.42. The van der Waals surface area contributed by atoms with Crippen molar-refractivity contribution < 1.29 is 21.4 Å². The number of fused-ring (bicyclic) bond motifs is 3. The van der Waals surface area contributed by atoms with Crippen LogP contribution in [-0.2, 0) is 27.1 Å². The van der Waals surface area contributed by atoms with Gasteiger partial charge in [0.1, 0.15) is 0 Å². The number of benzene rings is 3. The molecule has 0 aliphatic heterocycles.